The second kappa shape index (κ2) is 8.68. The van der Waals surface area contributed by atoms with Gasteiger partial charge in [-0.2, -0.15) is 0 Å². The summed E-state index contributed by atoms with van der Waals surface area (Å²) in [5, 5.41) is 3.36. The summed E-state index contributed by atoms with van der Waals surface area (Å²) in [6, 6.07) is 12.6. The summed E-state index contributed by atoms with van der Waals surface area (Å²) in [4.78, 5) is 33.0. The van der Waals surface area contributed by atoms with Gasteiger partial charge in [0.25, 0.3) is 11.8 Å². The summed E-state index contributed by atoms with van der Waals surface area (Å²) in [5.74, 6) is -0.491. The van der Waals surface area contributed by atoms with Crippen molar-refractivity contribution in [3.05, 3.63) is 71.5 Å². The molecule has 0 saturated carbocycles. The minimum absolute atomic E-state index is 0.167. The van der Waals surface area contributed by atoms with E-state index in [0.717, 1.165) is 5.69 Å². The van der Waals surface area contributed by atoms with Crippen LogP contribution in [0.2, 0.25) is 5.02 Å². The predicted octanol–water partition coefficient (Wildman–Crippen LogP) is 2.61. The van der Waals surface area contributed by atoms with Crippen molar-refractivity contribution in [2.45, 2.75) is 0 Å². The van der Waals surface area contributed by atoms with E-state index in [0.29, 0.717) is 37.7 Å². The fraction of sp³-hybridized carbons (Fsp3) is 0.250. The maximum atomic E-state index is 12.8. The number of anilines is 1. The molecule has 1 aromatic carbocycles. The Balaban J connectivity index is 1.64. The van der Waals surface area contributed by atoms with Crippen LogP contribution in [0.15, 0.2) is 55.1 Å². The first-order chi connectivity index (χ1) is 13.1. The highest BCUT2D eigenvalue weighted by atomic mass is 35.5. The second-order valence-corrected chi connectivity index (χ2v) is 6.60. The Labute approximate surface area is 163 Å². The molecule has 2 aromatic rings. The third-order valence-electron chi connectivity index (χ3n) is 4.35. The van der Waals surface area contributed by atoms with Gasteiger partial charge in [-0.25, -0.2) is 4.98 Å². The van der Waals surface area contributed by atoms with Crippen molar-refractivity contribution in [2.24, 2.45) is 0 Å². The monoisotopic (exact) mass is 384 g/mol. The van der Waals surface area contributed by atoms with E-state index in [9.17, 15) is 9.59 Å². The van der Waals surface area contributed by atoms with Crippen molar-refractivity contribution >= 4 is 29.1 Å². The van der Waals surface area contributed by atoms with Crippen LogP contribution in [0.4, 0.5) is 5.69 Å². The Bertz CT molecular complexity index is 847. The number of rotatable bonds is 5. The number of aromatic nitrogens is 1. The number of carbonyl (C=O) groups is 2. The average Bonchev–Trinajstić information content (AvgIpc) is 2.71. The maximum absolute atomic E-state index is 12.8. The van der Waals surface area contributed by atoms with Crippen LogP contribution in [-0.2, 0) is 0 Å². The number of benzene rings is 1. The molecule has 1 N–H and O–H groups in total. The number of nitrogens with one attached hydrogen (secondary N) is 1. The SMILES string of the molecule is C=CCNC(=O)c1cccc(C(=O)N2CCN(c3cccc(Cl)c3)CC2)n1. The Hall–Kier alpha value is -2.86. The third-order valence-corrected chi connectivity index (χ3v) is 4.58. The summed E-state index contributed by atoms with van der Waals surface area (Å²) in [5.41, 5.74) is 1.55. The van der Waals surface area contributed by atoms with Gasteiger partial charge in [-0.3, -0.25) is 9.59 Å². The van der Waals surface area contributed by atoms with Crippen LogP contribution in [0.3, 0.4) is 0 Å². The maximum Gasteiger partial charge on any atom is 0.272 e. The number of pyridine rings is 1. The van der Waals surface area contributed by atoms with Crippen LogP contribution in [-0.4, -0.2) is 54.4 Å². The number of piperazine rings is 1. The molecule has 1 saturated heterocycles. The highest BCUT2D eigenvalue weighted by molar-refractivity contribution is 6.30. The van der Waals surface area contributed by atoms with E-state index >= 15 is 0 Å². The Kier molecular flexibility index (Phi) is 6.08. The Morgan fingerprint density at radius 3 is 2.52 bits per heavy atom. The zero-order valence-electron chi connectivity index (χ0n) is 14.9. The van der Waals surface area contributed by atoms with E-state index in [1.165, 1.54) is 0 Å². The molecule has 27 heavy (non-hydrogen) atoms. The highest BCUT2D eigenvalue weighted by Crippen LogP contribution is 2.21. The van der Waals surface area contributed by atoms with Crippen LogP contribution >= 0.6 is 11.6 Å². The fourth-order valence-electron chi connectivity index (χ4n) is 2.94. The van der Waals surface area contributed by atoms with E-state index < -0.39 is 0 Å². The van der Waals surface area contributed by atoms with E-state index in [2.05, 4.69) is 21.8 Å². The van der Waals surface area contributed by atoms with Crippen molar-refractivity contribution in [1.82, 2.24) is 15.2 Å². The average molecular weight is 385 g/mol. The molecule has 0 aliphatic carbocycles. The molecule has 0 bridgehead atoms. The van der Waals surface area contributed by atoms with Gasteiger partial charge in [0.1, 0.15) is 11.4 Å². The van der Waals surface area contributed by atoms with Gasteiger partial charge in [0.15, 0.2) is 0 Å². The van der Waals surface area contributed by atoms with E-state index in [-0.39, 0.29) is 23.2 Å². The third kappa shape index (κ3) is 4.65. The quantitative estimate of drug-likeness (QED) is 0.805. The smallest absolute Gasteiger partial charge is 0.272 e. The molecule has 0 unspecified atom stereocenters. The minimum atomic E-state index is -0.324. The Morgan fingerprint density at radius 2 is 1.81 bits per heavy atom. The topological polar surface area (TPSA) is 65.5 Å². The number of carbonyl (C=O) groups excluding carboxylic acids is 2. The molecule has 2 amide bonds. The van der Waals surface area contributed by atoms with Crippen molar-refractivity contribution < 1.29 is 9.59 Å². The molecule has 3 rings (SSSR count). The van der Waals surface area contributed by atoms with E-state index in [1.807, 2.05) is 24.3 Å². The summed E-state index contributed by atoms with van der Waals surface area (Å²) >= 11 is 6.06. The first-order valence-electron chi connectivity index (χ1n) is 8.74. The normalized spacial score (nSPS) is 14.0. The predicted molar refractivity (Wildman–Crippen MR) is 106 cm³/mol. The minimum Gasteiger partial charge on any atom is -0.368 e. The molecular formula is C20H21ClN4O2. The van der Waals surface area contributed by atoms with Crippen molar-refractivity contribution in [3.8, 4) is 0 Å². The number of amides is 2. The van der Waals surface area contributed by atoms with Gasteiger partial charge in [-0.1, -0.05) is 29.8 Å². The largest absolute Gasteiger partial charge is 0.368 e. The molecule has 1 aromatic heterocycles. The van der Waals surface area contributed by atoms with Gasteiger partial charge in [0.05, 0.1) is 0 Å². The lowest BCUT2D eigenvalue weighted by molar-refractivity contribution is 0.0740. The lowest BCUT2D eigenvalue weighted by atomic mass is 10.2. The lowest BCUT2D eigenvalue weighted by Crippen LogP contribution is -2.49. The molecular weight excluding hydrogens is 364 g/mol. The van der Waals surface area contributed by atoms with Gasteiger partial charge in [0.2, 0.25) is 0 Å². The van der Waals surface area contributed by atoms with Gasteiger partial charge >= 0.3 is 0 Å². The van der Waals surface area contributed by atoms with Gasteiger partial charge in [-0.05, 0) is 30.3 Å². The lowest BCUT2D eigenvalue weighted by Gasteiger charge is -2.36. The van der Waals surface area contributed by atoms with Gasteiger partial charge < -0.3 is 15.1 Å². The zero-order valence-corrected chi connectivity index (χ0v) is 15.7. The number of nitrogens with zero attached hydrogens (tertiary/aromatic N) is 3. The number of hydrogen-bond donors (Lipinski definition) is 1. The van der Waals surface area contributed by atoms with Crippen molar-refractivity contribution in [1.29, 1.82) is 0 Å². The van der Waals surface area contributed by atoms with Crippen molar-refractivity contribution in [2.75, 3.05) is 37.6 Å². The molecule has 1 aliphatic rings. The van der Waals surface area contributed by atoms with E-state index in [1.54, 1.807) is 29.2 Å². The molecule has 7 heteroatoms. The number of hydrogen-bond acceptors (Lipinski definition) is 4. The summed E-state index contributed by atoms with van der Waals surface area (Å²) in [6.45, 7) is 6.50. The summed E-state index contributed by atoms with van der Waals surface area (Å²) < 4.78 is 0. The zero-order chi connectivity index (χ0) is 19.2. The molecule has 6 nitrogen and oxygen atoms in total. The van der Waals surface area contributed by atoms with Gasteiger partial charge in [0, 0.05) is 43.4 Å². The molecule has 2 heterocycles. The first-order valence-corrected chi connectivity index (χ1v) is 9.12. The van der Waals surface area contributed by atoms with Crippen molar-refractivity contribution in [3.63, 3.8) is 0 Å². The Morgan fingerprint density at radius 1 is 1.11 bits per heavy atom. The second-order valence-electron chi connectivity index (χ2n) is 6.17. The molecule has 1 fully saturated rings. The van der Waals surface area contributed by atoms with E-state index in [4.69, 9.17) is 11.6 Å². The number of halogens is 1. The molecule has 0 radical (unpaired) electrons. The molecule has 1 aliphatic heterocycles. The van der Waals surface area contributed by atoms with Crippen LogP contribution < -0.4 is 10.2 Å². The van der Waals surface area contributed by atoms with Crippen LogP contribution in [0.5, 0.6) is 0 Å². The van der Waals surface area contributed by atoms with Crippen LogP contribution in [0.1, 0.15) is 21.0 Å². The molecule has 0 atom stereocenters. The molecule has 140 valence electrons. The summed E-state index contributed by atoms with van der Waals surface area (Å²) in [6.07, 6.45) is 1.59. The molecule has 0 spiro atoms. The summed E-state index contributed by atoms with van der Waals surface area (Å²) in [7, 11) is 0. The fourth-order valence-corrected chi connectivity index (χ4v) is 3.12. The first kappa shape index (κ1) is 18.9. The standard InChI is InChI=1S/C20H21ClN4O2/c1-2-9-22-19(26)17-7-4-8-18(23-17)20(27)25-12-10-24(11-13-25)16-6-3-5-15(21)14-16/h2-8,14H,1,9-13H2,(H,22,26). The highest BCUT2D eigenvalue weighted by Gasteiger charge is 2.23. The van der Waals surface area contributed by atoms with Gasteiger partial charge in [-0.15, -0.1) is 6.58 Å². The van der Waals surface area contributed by atoms with Crippen LogP contribution in [0, 0.1) is 0 Å². The van der Waals surface area contributed by atoms with Crippen LogP contribution in [0.25, 0.3) is 0 Å².